The van der Waals surface area contributed by atoms with Crippen LogP contribution in [-0.2, 0) is 42.3 Å². The Hall–Kier alpha value is -3.50. The van der Waals surface area contributed by atoms with Crippen molar-refractivity contribution in [1.29, 1.82) is 0 Å². The smallest absolute Gasteiger partial charge is 0.755 e. The zero-order valence-electron chi connectivity index (χ0n) is 17.7. The molecule has 35 heavy (non-hydrogen) atoms. The van der Waals surface area contributed by atoms with Gasteiger partial charge in [0.2, 0.25) is 0 Å². The fourth-order valence-corrected chi connectivity index (χ4v) is 2.67. The van der Waals surface area contributed by atoms with Gasteiger partial charge in [0, 0.05) is 11.1 Å². The van der Waals surface area contributed by atoms with Gasteiger partial charge in [-0.05, 0) is 46.5 Å². The first-order valence-electron chi connectivity index (χ1n) is 9.67. The molecule has 11 heteroatoms. The first-order valence-corrected chi connectivity index (χ1v) is 10.5. The Balaban J connectivity index is 0.000000240. The molecule has 0 aliphatic rings. The van der Waals surface area contributed by atoms with E-state index in [1.807, 2.05) is 0 Å². The molecular weight excluding hydrogens is 542 g/mol. The van der Waals surface area contributed by atoms with Gasteiger partial charge in [-0.25, -0.2) is 8.78 Å². The SMILES string of the molecule is Fc1ccccc1/C=N/N=C(\[S-])c1ccco1.Fc1ccccc1/C=N/N=C(\[S-])c1ccco1.[Cu+2]. The van der Waals surface area contributed by atoms with E-state index in [0.29, 0.717) is 22.6 Å². The van der Waals surface area contributed by atoms with Gasteiger partial charge >= 0.3 is 17.1 Å². The summed E-state index contributed by atoms with van der Waals surface area (Å²) in [7, 11) is 0. The minimum Gasteiger partial charge on any atom is -0.755 e. The maximum absolute atomic E-state index is 13.2. The van der Waals surface area contributed by atoms with Gasteiger partial charge in [0.15, 0.2) is 0 Å². The molecule has 0 atom stereocenters. The summed E-state index contributed by atoms with van der Waals surface area (Å²) in [5, 5.41) is 15.4. The van der Waals surface area contributed by atoms with E-state index in [2.05, 4.69) is 20.4 Å². The van der Waals surface area contributed by atoms with E-state index >= 15 is 0 Å². The molecule has 181 valence electrons. The van der Waals surface area contributed by atoms with Crippen LogP contribution in [-0.4, -0.2) is 22.5 Å². The van der Waals surface area contributed by atoms with Crippen LogP contribution in [0.3, 0.4) is 0 Å². The van der Waals surface area contributed by atoms with Crippen molar-refractivity contribution in [2.75, 3.05) is 0 Å². The molecule has 0 aliphatic carbocycles. The number of benzene rings is 2. The summed E-state index contributed by atoms with van der Waals surface area (Å²) in [6.45, 7) is 0. The van der Waals surface area contributed by atoms with Crippen LogP contribution in [0.5, 0.6) is 0 Å². The second-order valence-corrected chi connectivity index (χ2v) is 7.07. The van der Waals surface area contributed by atoms with Gasteiger partial charge in [0.1, 0.15) is 23.2 Å². The third-order valence-corrected chi connectivity index (χ3v) is 4.53. The van der Waals surface area contributed by atoms with Gasteiger partial charge in [-0.15, -0.1) is 0 Å². The average Bonchev–Trinajstić information content (AvgIpc) is 3.57. The molecule has 6 nitrogen and oxygen atoms in total. The largest absolute Gasteiger partial charge is 2.00 e. The Labute approximate surface area is 221 Å². The number of nitrogens with zero attached hydrogens (tertiary/aromatic N) is 4. The number of rotatable bonds is 6. The molecule has 4 aromatic rings. The van der Waals surface area contributed by atoms with Crippen molar-refractivity contribution in [3.63, 3.8) is 0 Å². The van der Waals surface area contributed by atoms with E-state index in [-0.39, 0.29) is 38.8 Å². The van der Waals surface area contributed by atoms with E-state index in [4.69, 9.17) is 34.1 Å². The fourth-order valence-electron chi connectivity index (χ4n) is 2.35. The topological polar surface area (TPSA) is 75.7 Å². The minimum absolute atomic E-state index is 0. The molecule has 4 rings (SSSR count). The summed E-state index contributed by atoms with van der Waals surface area (Å²) in [6, 6.07) is 19.3. The quantitative estimate of drug-likeness (QED) is 0.103. The zero-order chi connectivity index (χ0) is 24.2. The summed E-state index contributed by atoms with van der Waals surface area (Å²) >= 11 is 9.91. The number of halogens is 2. The van der Waals surface area contributed by atoms with Gasteiger partial charge in [-0.2, -0.15) is 20.4 Å². The molecule has 2 aromatic heterocycles. The second kappa shape index (κ2) is 14.7. The van der Waals surface area contributed by atoms with Crippen molar-refractivity contribution in [2.24, 2.45) is 20.4 Å². The first kappa shape index (κ1) is 27.7. The third-order valence-electron chi connectivity index (χ3n) is 3.97. The zero-order valence-corrected chi connectivity index (χ0v) is 20.3. The standard InChI is InChI=1S/2C12H9FN2OS.Cu/c2*13-10-5-2-1-4-9(10)8-14-15-12(17)11-6-3-7-16-11;/h2*1-8H,(H,15,17);/q;;+2/p-2/b2*14-8+;. The average molecular weight is 558 g/mol. The van der Waals surface area contributed by atoms with E-state index < -0.39 is 0 Å². The number of hydrogen-bond acceptors (Lipinski definition) is 8. The Bertz CT molecular complexity index is 1210. The van der Waals surface area contributed by atoms with Crippen molar-refractivity contribution in [3.8, 4) is 0 Å². The maximum atomic E-state index is 13.2. The molecule has 0 aliphatic heterocycles. The molecule has 0 spiro atoms. The molecule has 0 amide bonds. The Morgan fingerprint density at radius 3 is 1.37 bits per heavy atom. The van der Waals surface area contributed by atoms with Crippen molar-refractivity contribution < 1.29 is 34.7 Å². The molecule has 0 N–H and O–H groups in total. The van der Waals surface area contributed by atoms with E-state index in [1.54, 1.807) is 60.7 Å². The maximum Gasteiger partial charge on any atom is 2.00 e. The van der Waals surface area contributed by atoms with Crippen LogP contribution in [0.2, 0.25) is 0 Å². The van der Waals surface area contributed by atoms with Gasteiger partial charge in [-0.1, -0.05) is 36.4 Å². The first-order chi connectivity index (χ1) is 16.5. The van der Waals surface area contributed by atoms with Gasteiger partial charge < -0.3 is 34.1 Å². The summed E-state index contributed by atoms with van der Waals surface area (Å²) in [6.07, 6.45) is 5.62. The summed E-state index contributed by atoms with van der Waals surface area (Å²) < 4.78 is 36.5. The molecule has 2 heterocycles. The van der Waals surface area contributed by atoms with E-state index in [9.17, 15) is 8.78 Å². The summed E-state index contributed by atoms with van der Waals surface area (Å²) in [4.78, 5) is 0. The Kier molecular flexibility index (Phi) is 11.6. The molecule has 1 radical (unpaired) electrons. The van der Waals surface area contributed by atoms with Crippen molar-refractivity contribution in [1.82, 2.24) is 0 Å². The van der Waals surface area contributed by atoms with Crippen molar-refractivity contribution in [2.45, 2.75) is 0 Å². The molecule has 0 saturated heterocycles. The van der Waals surface area contributed by atoms with Gasteiger partial charge in [0.05, 0.1) is 25.0 Å². The van der Waals surface area contributed by atoms with Gasteiger partial charge in [0.25, 0.3) is 0 Å². The predicted octanol–water partition coefficient (Wildman–Crippen LogP) is 5.49. The van der Waals surface area contributed by atoms with Crippen LogP contribution < -0.4 is 0 Å². The van der Waals surface area contributed by atoms with Crippen LogP contribution in [0, 0.1) is 11.6 Å². The number of furan rings is 2. The fraction of sp³-hybridized carbons (Fsp3) is 0. The molecular formula is C24H16CuF2N4O2S2. The summed E-state index contributed by atoms with van der Waals surface area (Å²) in [5.74, 6) is 0.224. The number of hydrogen-bond donors (Lipinski definition) is 0. The Morgan fingerprint density at radius 2 is 1.03 bits per heavy atom. The monoisotopic (exact) mass is 557 g/mol. The molecule has 0 fully saturated rings. The normalized spacial score (nSPS) is 11.8. The van der Waals surface area contributed by atoms with E-state index in [0.717, 1.165) is 0 Å². The van der Waals surface area contributed by atoms with Crippen LogP contribution in [0.25, 0.3) is 0 Å². The second-order valence-electron chi connectivity index (χ2n) is 6.30. The molecule has 0 saturated carbocycles. The predicted molar refractivity (Wildman–Crippen MR) is 133 cm³/mol. The Morgan fingerprint density at radius 1 is 0.629 bits per heavy atom. The molecule has 0 unspecified atom stereocenters. The molecule has 0 bridgehead atoms. The minimum atomic E-state index is -0.352. The van der Waals surface area contributed by atoms with Crippen LogP contribution >= 0.6 is 0 Å². The summed E-state index contributed by atoms with van der Waals surface area (Å²) in [5.41, 5.74) is 0.719. The van der Waals surface area contributed by atoms with Crippen molar-refractivity contribution >= 4 is 47.8 Å². The molecule has 2 aromatic carbocycles. The van der Waals surface area contributed by atoms with Gasteiger partial charge in [-0.3, -0.25) is 0 Å². The van der Waals surface area contributed by atoms with Crippen LogP contribution in [0.4, 0.5) is 8.78 Å². The van der Waals surface area contributed by atoms with Crippen LogP contribution in [0.1, 0.15) is 22.6 Å². The van der Waals surface area contributed by atoms with E-state index in [1.165, 1.54) is 37.1 Å². The van der Waals surface area contributed by atoms with Crippen molar-refractivity contribution in [3.05, 3.63) is 120 Å². The third kappa shape index (κ3) is 8.99. The van der Waals surface area contributed by atoms with Crippen LogP contribution in [0.15, 0.2) is 115 Å².